The van der Waals surface area contributed by atoms with Crippen molar-refractivity contribution in [1.82, 2.24) is 0 Å². The number of esters is 1. The highest BCUT2D eigenvalue weighted by molar-refractivity contribution is 6.51. The molecule has 7 nitrogen and oxygen atoms in total. The van der Waals surface area contributed by atoms with E-state index in [1.54, 1.807) is 49.4 Å². The van der Waals surface area contributed by atoms with E-state index in [-0.39, 0.29) is 17.9 Å². The zero-order chi connectivity index (χ0) is 27.4. The third-order valence-electron chi connectivity index (χ3n) is 6.49. The summed E-state index contributed by atoms with van der Waals surface area (Å²) in [4.78, 5) is 40.4. The van der Waals surface area contributed by atoms with Crippen LogP contribution in [0.15, 0.2) is 72.3 Å². The number of rotatable bonds is 8. The van der Waals surface area contributed by atoms with E-state index in [9.17, 15) is 19.5 Å². The van der Waals surface area contributed by atoms with Gasteiger partial charge in [-0.1, -0.05) is 31.2 Å². The van der Waals surface area contributed by atoms with E-state index in [1.165, 1.54) is 4.90 Å². The number of aliphatic hydroxyl groups is 1. The number of hydrogen-bond donors (Lipinski definition) is 1. The number of carbonyl (C=O) groups excluding carboxylic acids is 3. The average molecular weight is 514 g/mol. The quantitative estimate of drug-likeness (QED) is 0.175. The molecule has 1 aliphatic heterocycles. The van der Waals surface area contributed by atoms with Gasteiger partial charge in [-0.2, -0.15) is 0 Å². The minimum absolute atomic E-state index is 0.000366. The lowest BCUT2D eigenvalue weighted by Crippen LogP contribution is -2.29. The highest BCUT2D eigenvalue weighted by Gasteiger charge is 2.47. The molecule has 4 rings (SSSR count). The molecule has 1 fully saturated rings. The van der Waals surface area contributed by atoms with Gasteiger partial charge in [0.25, 0.3) is 11.7 Å². The topological polar surface area (TPSA) is 93.1 Å². The highest BCUT2D eigenvalue weighted by atomic mass is 16.5. The van der Waals surface area contributed by atoms with Crippen molar-refractivity contribution < 1.29 is 29.0 Å². The summed E-state index contributed by atoms with van der Waals surface area (Å²) in [5.74, 6) is -1.58. The third-order valence-corrected chi connectivity index (χ3v) is 6.49. The van der Waals surface area contributed by atoms with Gasteiger partial charge in [-0.3, -0.25) is 14.5 Å². The molecule has 0 radical (unpaired) electrons. The van der Waals surface area contributed by atoms with Gasteiger partial charge in [-0.05, 0) is 86.3 Å². The molecule has 7 heteroatoms. The smallest absolute Gasteiger partial charge is 0.338 e. The van der Waals surface area contributed by atoms with Crippen LogP contribution >= 0.6 is 0 Å². The number of ketones is 1. The van der Waals surface area contributed by atoms with Gasteiger partial charge in [0.2, 0.25) is 0 Å². The van der Waals surface area contributed by atoms with Gasteiger partial charge in [-0.15, -0.1) is 0 Å². The second-order valence-electron chi connectivity index (χ2n) is 9.12. The molecule has 1 atom stereocenters. The number of nitrogens with zero attached hydrogens (tertiary/aromatic N) is 1. The Labute approximate surface area is 222 Å². The van der Waals surface area contributed by atoms with Crippen molar-refractivity contribution in [2.24, 2.45) is 0 Å². The van der Waals surface area contributed by atoms with E-state index in [1.807, 2.05) is 45.0 Å². The maximum atomic E-state index is 13.4. The molecule has 0 saturated carbocycles. The van der Waals surface area contributed by atoms with Crippen LogP contribution in [0.3, 0.4) is 0 Å². The molecule has 1 saturated heterocycles. The zero-order valence-electron chi connectivity index (χ0n) is 22.0. The number of carbonyl (C=O) groups is 3. The standard InChI is InChI=1S/C31H31NO6/c1-5-17-38-25-16-13-22(18-20(25)4)28(33)26-27(24-10-8-7-9-19(24)3)32(30(35)29(26)34)23-14-11-21(12-15-23)31(36)37-6-2/h7-16,18,27,33H,5-6,17H2,1-4H3/b28-26+. The van der Waals surface area contributed by atoms with Gasteiger partial charge in [0.05, 0.1) is 30.4 Å². The summed E-state index contributed by atoms with van der Waals surface area (Å²) in [5, 5.41) is 11.4. The summed E-state index contributed by atoms with van der Waals surface area (Å²) in [6.45, 7) is 8.31. The summed E-state index contributed by atoms with van der Waals surface area (Å²) in [6, 6.07) is 18.1. The van der Waals surface area contributed by atoms with Crippen molar-refractivity contribution >= 4 is 29.1 Å². The molecule has 38 heavy (non-hydrogen) atoms. The monoisotopic (exact) mass is 513 g/mol. The highest BCUT2D eigenvalue weighted by Crippen LogP contribution is 2.43. The molecule has 3 aromatic carbocycles. The van der Waals surface area contributed by atoms with E-state index in [2.05, 4.69) is 0 Å². The lowest BCUT2D eigenvalue weighted by molar-refractivity contribution is -0.132. The van der Waals surface area contributed by atoms with Crippen molar-refractivity contribution in [3.63, 3.8) is 0 Å². The number of Topliss-reactive ketones (excluding diaryl/α,β-unsaturated/α-hetero) is 1. The van der Waals surface area contributed by atoms with Gasteiger partial charge in [0.1, 0.15) is 11.5 Å². The molecule has 0 aromatic heterocycles. The number of aryl methyl sites for hydroxylation is 2. The molecule has 0 bridgehead atoms. The van der Waals surface area contributed by atoms with Crippen LogP contribution in [0, 0.1) is 13.8 Å². The van der Waals surface area contributed by atoms with E-state index in [0.29, 0.717) is 34.7 Å². The van der Waals surface area contributed by atoms with Crippen LogP contribution in [-0.2, 0) is 14.3 Å². The molecule has 0 aliphatic carbocycles. The molecule has 1 aliphatic rings. The summed E-state index contributed by atoms with van der Waals surface area (Å²) in [6.07, 6.45) is 0.863. The Hall–Kier alpha value is -4.39. The fraction of sp³-hybridized carbons (Fsp3) is 0.258. The van der Waals surface area contributed by atoms with E-state index < -0.39 is 23.7 Å². The van der Waals surface area contributed by atoms with Gasteiger partial charge < -0.3 is 14.6 Å². The maximum absolute atomic E-state index is 13.4. The van der Waals surface area contributed by atoms with Crippen molar-refractivity contribution in [1.29, 1.82) is 0 Å². The minimum Gasteiger partial charge on any atom is -0.507 e. The van der Waals surface area contributed by atoms with Crippen LogP contribution in [0.4, 0.5) is 5.69 Å². The van der Waals surface area contributed by atoms with E-state index in [0.717, 1.165) is 17.5 Å². The maximum Gasteiger partial charge on any atom is 0.338 e. The number of benzene rings is 3. The Morgan fingerprint density at radius 3 is 2.24 bits per heavy atom. The Balaban J connectivity index is 1.84. The fourth-order valence-corrected chi connectivity index (χ4v) is 4.59. The largest absolute Gasteiger partial charge is 0.507 e. The van der Waals surface area contributed by atoms with Crippen LogP contribution in [0.2, 0.25) is 0 Å². The Morgan fingerprint density at radius 1 is 0.921 bits per heavy atom. The molecule has 1 N–H and O–H groups in total. The molecular formula is C31H31NO6. The first-order valence-electron chi connectivity index (χ1n) is 12.7. The van der Waals surface area contributed by atoms with Crippen molar-refractivity contribution in [3.8, 4) is 5.75 Å². The van der Waals surface area contributed by atoms with Crippen LogP contribution in [0.5, 0.6) is 5.75 Å². The zero-order valence-corrected chi connectivity index (χ0v) is 22.0. The van der Waals surface area contributed by atoms with Crippen molar-refractivity contribution in [2.45, 2.75) is 40.2 Å². The summed E-state index contributed by atoms with van der Waals surface area (Å²) >= 11 is 0. The Kier molecular flexibility index (Phi) is 7.96. The number of ether oxygens (including phenoxy) is 2. The second-order valence-corrected chi connectivity index (χ2v) is 9.12. The molecule has 1 heterocycles. The van der Waals surface area contributed by atoms with Crippen LogP contribution in [-0.4, -0.2) is 36.0 Å². The van der Waals surface area contributed by atoms with E-state index in [4.69, 9.17) is 9.47 Å². The van der Waals surface area contributed by atoms with Crippen molar-refractivity contribution in [3.05, 3.63) is 100 Å². The molecular weight excluding hydrogens is 482 g/mol. The fourth-order valence-electron chi connectivity index (χ4n) is 4.59. The first-order chi connectivity index (χ1) is 18.3. The normalized spacial score (nSPS) is 16.5. The number of amides is 1. The summed E-state index contributed by atoms with van der Waals surface area (Å²) < 4.78 is 10.8. The Bertz CT molecular complexity index is 1410. The molecule has 196 valence electrons. The van der Waals surface area contributed by atoms with Crippen LogP contribution in [0.25, 0.3) is 5.76 Å². The molecule has 0 spiro atoms. The predicted octanol–water partition coefficient (Wildman–Crippen LogP) is 5.90. The summed E-state index contributed by atoms with van der Waals surface area (Å²) in [5.41, 5.74) is 3.55. The number of anilines is 1. The number of aliphatic hydroxyl groups excluding tert-OH is 1. The summed E-state index contributed by atoms with van der Waals surface area (Å²) in [7, 11) is 0. The average Bonchev–Trinajstić information content (AvgIpc) is 3.18. The Morgan fingerprint density at radius 2 is 1.61 bits per heavy atom. The second kappa shape index (κ2) is 11.3. The van der Waals surface area contributed by atoms with Gasteiger partial charge >= 0.3 is 5.97 Å². The lowest BCUT2D eigenvalue weighted by atomic mass is 9.92. The van der Waals surface area contributed by atoms with Crippen molar-refractivity contribution in [2.75, 3.05) is 18.1 Å². The lowest BCUT2D eigenvalue weighted by Gasteiger charge is -2.26. The SMILES string of the molecule is CCCOc1ccc(/C(O)=C2\C(=O)C(=O)N(c3ccc(C(=O)OCC)cc3)C2c2ccccc2C)cc1C. The third kappa shape index (κ3) is 5.05. The van der Waals surface area contributed by atoms with Gasteiger partial charge in [-0.25, -0.2) is 4.79 Å². The number of hydrogen-bond acceptors (Lipinski definition) is 6. The first-order valence-corrected chi connectivity index (χ1v) is 12.7. The molecule has 3 aromatic rings. The van der Waals surface area contributed by atoms with E-state index >= 15 is 0 Å². The van der Waals surface area contributed by atoms with Gasteiger partial charge in [0.15, 0.2) is 0 Å². The minimum atomic E-state index is -0.860. The molecule has 1 unspecified atom stereocenters. The predicted molar refractivity (Wildman–Crippen MR) is 145 cm³/mol. The van der Waals surface area contributed by atoms with Gasteiger partial charge in [0, 0.05) is 11.3 Å². The first kappa shape index (κ1) is 26.7. The van der Waals surface area contributed by atoms with Crippen LogP contribution in [0.1, 0.15) is 58.9 Å². The van der Waals surface area contributed by atoms with Crippen LogP contribution < -0.4 is 9.64 Å². The molecule has 1 amide bonds.